The lowest BCUT2D eigenvalue weighted by Crippen LogP contribution is -2.21. The summed E-state index contributed by atoms with van der Waals surface area (Å²) < 4.78 is 5.55. The smallest absolute Gasteiger partial charge is 0.209 e. The van der Waals surface area contributed by atoms with Crippen molar-refractivity contribution in [1.29, 1.82) is 0 Å². The zero-order chi connectivity index (χ0) is 10.7. The first-order valence-electron chi connectivity index (χ1n) is 4.93. The van der Waals surface area contributed by atoms with Gasteiger partial charge in [0.05, 0.1) is 13.2 Å². The van der Waals surface area contributed by atoms with E-state index in [4.69, 9.17) is 9.52 Å². The summed E-state index contributed by atoms with van der Waals surface area (Å²) >= 11 is 0. The van der Waals surface area contributed by atoms with Crippen LogP contribution in [-0.2, 0) is 6.54 Å². The maximum atomic E-state index is 8.76. The highest BCUT2D eigenvalue weighted by molar-refractivity contribution is 5.72. The molecule has 0 saturated carbocycles. The number of benzene rings is 1. The number of fused-ring (bicyclic) bond motifs is 1. The molecule has 4 heteroatoms. The van der Waals surface area contributed by atoms with Crippen molar-refractivity contribution in [2.45, 2.75) is 6.54 Å². The van der Waals surface area contributed by atoms with Gasteiger partial charge in [-0.05, 0) is 19.2 Å². The lowest BCUT2D eigenvalue weighted by molar-refractivity contribution is 0.207. The van der Waals surface area contributed by atoms with E-state index in [0.29, 0.717) is 19.0 Å². The van der Waals surface area contributed by atoms with E-state index in [-0.39, 0.29) is 6.61 Å². The van der Waals surface area contributed by atoms with Crippen molar-refractivity contribution in [2.24, 2.45) is 0 Å². The highest BCUT2D eigenvalue weighted by Crippen LogP contribution is 2.15. The van der Waals surface area contributed by atoms with Crippen molar-refractivity contribution in [3.8, 4) is 0 Å². The second-order valence-electron chi connectivity index (χ2n) is 3.54. The molecule has 0 fully saturated rings. The van der Waals surface area contributed by atoms with Crippen LogP contribution in [0.2, 0.25) is 0 Å². The lowest BCUT2D eigenvalue weighted by Gasteiger charge is -2.11. The first-order chi connectivity index (χ1) is 7.29. The number of likely N-dealkylation sites (N-methyl/N-ethyl adjacent to an activating group) is 1. The Morgan fingerprint density at radius 2 is 2.20 bits per heavy atom. The second kappa shape index (κ2) is 4.42. The Labute approximate surface area is 88.1 Å². The van der Waals surface area contributed by atoms with Crippen LogP contribution in [0.15, 0.2) is 28.7 Å². The Balaban J connectivity index is 2.15. The summed E-state index contributed by atoms with van der Waals surface area (Å²) in [5.74, 6) is 0.687. The largest absolute Gasteiger partial charge is 0.439 e. The molecule has 4 nitrogen and oxygen atoms in total. The minimum absolute atomic E-state index is 0.150. The predicted octanol–water partition coefficient (Wildman–Crippen LogP) is 1.25. The van der Waals surface area contributed by atoms with Crippen LogP contribution in [0.3, 0.4) is 0 Å². The van der Waals surface area contributed by atoms with Crippen LogP contribution in [-0.4, -0.2) is 35.2 Å². The number of para-hydroxylation sites is 2. The molecule has 0 aliphatic rings. The van der Waals surface area contributed by atoms with Crippen LogP contribution in [0.5, 0.6) is 0 Å². The maximum absolute atomic E-state index is 8.76. The van der Waals surface area contributed by atoms with E-state index in [1.807, 2.05) is 36.2 Å². The molecule has 0 atom stereocenters. The molecule has 2 rings (SSSR count). The molecule has 0 bridgehead atoms. The zero-order valence-electron chi connectivity index (χ0n) is 8.68. The van der Waals surface area contributed by atoms with Crippen molar-refractivity contribution in [2.75, 3.05) is 20.2 Å². The van der Waals surface area contributed by atoms with E-state index < -0.39 is 0 Å². The number of aliphatic hydroxyl groups is 1. The molecule has 2 aromatic rings. The molecule has 0 unspecified atom stereocenters. The summed E-state index contributed by atoms with van der Waals surface area (Å²) in [4.78, 5) is 6.31. The molecule has 0 aliphatic heterocycles. The molecule has 1 N–H and O–H groups in total. The maximum Gasteiger partial charge on any atom is 0.209 e. The van der Waals surface area contributed by atoms with Crippen LogP contribution >= 0.6 is 0 Å². The molecule has 1 aromatic heterocycles. The molecule has 0 radical (unpaired) electrons. The fourth-order valence-electron chi connectivity index (χ4n) is 1.47. The molecule has 80 valence electrons. The van der Waals surface area contributed by atoms with Crippen LogP contribution in [0.4, 0.5) is 0 Å². The summed E-state index contributed by atoms with van der Waals surface area (Å²) in [6.07, 6.45) is 0. The van der Waals surface area contributed by atoms with E-state index in [0.717, 1.165) is 11.1 Å². The Bertz CT molecular complexity index is 406. The number of nitrogens with zero attached hydrogens (tertiary/aromatic N) is 2. The zero-order valence-corrected chi connectivity index (χ0v) is 8.68. The molecule has 1 heterocycles. The van der Waals surface area contributed by atoms with Crippen molar-refractivity contribution in [3.05, 3.63) is 30.2 Å². The number of aromatic nitrogens is 1. The number of aliphatic hydroxyl groups excluding tert-OH is 1. The molecule has 1 aromatic carbocycles. The normalized spacial score (nSPS) is 11.4. The van der Waals surface area contributed by atoms with Gasteiger partial charge in [-0.25, -0.2) is 4.98 Å². The highest BCUT2D eigenvalue weighted by Gasteiger charge is 2.07. The first-order valence-corrected chi connectivity index (χ1v) is 4.93. The van der Waals surface area contributed by atoms with Crippen molar-refractivity contribution in [1.82, 2.24) is 9.88 Å². The number of hydrogen-bond acceptors (Lipinski definition) is 4. The van der Waals surface area contributed by atoms with Gasteiger partial charge in [-0.15, -0.1) is 0 Å². The van der Waals surface area contributed by atoms with Gasteiger partial charge in [0, 0.05) is 6.54 Å². The Morgan fingerprint density at radius 1 is 1.40 bits per heavy atom. The van der Waals surface area contributed by atoms with Gasteiger partial charge in [0.15, 0.2) is 5.58 Å². The monoisotopic (exact) mass is 206 g/mol. The minimum atomic E-state index is 0.150. The van der Waals surface area contributed by atoms with Crippen LogP contribution in [0.1, 0.15) is 5.89 Å². The standard InChI is InChI=1S/C11H14N2O2/c1-13(6-7-14)8-11-12-9-4-2-3-5-10(9)15-11/h2-5,14H,6-8H2,1H3. The first kappa shape index (κ1) is 10.1. The summed E-state index contributed by atoms with van der Waals surface area (Å²) in [5, 5.41) is 8.76. The van der Waals surface area contributed by atoms with Gasteiger partial charge in [0.1, 0.15) is 5.52 Å². The summed E-state index contributed by atoms with van der Waals surface area (Å²) in [5.41, 5.74) is 1.69. The van der Waals surface area contributed by atoms with Gasteiger partial charge < -0.3 is 9.52 Å². The van der Waals surface area contributed by atoms with Crippen LogP contribution in [0.25, 0.3) is 11.1 Å². The van der Waals surface area contributed by atoms with Gasteiger partial charge >= 0.3 is 0 Å². The third-order valence-corrected chi connectivity index (χ3v) is 2.23. The predicted molar refractivity (Wildman–Crippen MR) is 57.4 cm³/mol. The van der Waals surface area contributed by atoms with Gasteiger partial charge in [-0.3, -0.25) is 4.90 Å². The molecule has 0 amide bonds. The van der Waals surface area contributed by atoms with Crippen molar-refractivity contribution < 1.29 is 9.52 Å². The van der Waals surface area contributed by atoms with E-state index in [9.17, 15) is 0 Å². The molecule has 15 heavy (non-hydrogen) atoms. The molecule has 0 aliphatic carbocycles. The quantitative estimate of drug-likeness (QED) is 0.818. The van der Waals surface area contributed by atoms with Gasteiger partial charge in [0.25, 0.3) is 0 Å². The lowest BCUT2D eigenvalue weighted by atomic mass is 10.3. The second-order valence-corrected chi connectivity index (χ2v) is 3.54. The highest BCUT2D eigenvalue weighted by atomic mass is 16.3. The number of hydrogen-bond donors (Lipinski definition) is 1. The summed E-state index contributed by atoms with van der Waals surface area (Å²) in [7, 11) is 1.92. The summed E-state index contributed by atoms with van der Waals surface area (Å²) in [6.45, 7) is 1.39. The third kappa shape index (κ3) is 2.34. The fourth-order valence-corrected chi connectivity index (χ4v) is 1.47. The van der Waals surface area contributed by atoms with Crippen molar-refractivity contribution >= 4 is 11.1 Å². The van der Waals surface area contributed by atoms with Crippen molar-refractivity contribution in [3.63, 3.8) is 0 Å². The van der Waals surface area contributed by atoms with Crippen LogP contribution < -0.4 is 0 Å². The Hall–Kier alpha value is -1.39. The van der Waals surface area contributed by atoms with E-state index in [2.05, 4.69) is 4.98 Å². The topological polar surface area (TPSA) is 49.5 Å². The minimum Gasteiger partial charge on any atom is -0.439 e. The fraction of sp³-hybridized carbons (Fsp3) is 0.364. The molecular weight excluding hydrogens is 192 g/mol. The Morgan fingerprint density at radius 3 is 2.93 bits per heavy atom. The van der Waals surface area contributed by atoms with Gasteiger partial charge in [-0.1, -0.05) is 12.1 Å². The molecular formula is C11H14N2O2. The van der Waals surface area contributed by atoms with E-state index in [1.165, 1.54) is 0 Å². The average molecular weight is 206 g/mol. The third-order valence-electron chi connectivity index (χ3n) is 2.23. The number of oxazole rings is 1. The van der Waals surface area contributed by atoms with E-state index >= 15 is 0 Å². The molecule has 0 saturated heterocycles. The summed E-state index contributed by atoms with van der Waals surface area (Å²) in [6, 6.07) is 7.69. The van der Waals surface area contributed by atoms with Crippen LogP contribution in [0, 0.1) is 0 Å². The van der Waals surface area contributed by atoms with Gasteiger partial charge in [-0.2, -0.15) is 0 Å². The Kier molecular flexibility index (Phi) is 2.99. The number of rotatable bonds is 4. The SMILES string of the molecule is CN(CCO)Cc1nc2ccccc2o1. The van der Waals surface area contributed by atoms with E-state index in [1.54, 1.807) is 0 Å². The average Bonchev–Trinajstić information content (AvgIpc) is 2.59. The van der Waals surface area contributed by atoms with Gasteiger partial charge in [0.2, 0.25) is 5.89 Å². The molecule has 0 spiro atoms.